The van der Waals surface area contributed by atoms with Crippen LogP contribution in [0.1, 0.15) is 30.9 Å². The first-order valence-electron chi connectivity index (χ1n) is 7.90. The summed E-state index contributed by atoms with van der Waals surface area (Å²) in [5.41, 5.74) is 5.44. The van der Waals surface area contributed by atoms with Gasteiger partial charge in [0.1, 0.15) is 5.75 Å². The minimum atomic E-state index is -0.276. The van der Waals surface area contributed by atoms with Gasteiger partial charge in [0, 0.05) is 4.47 Å². The second-order valence-electron chi connectivity index (χ2n) is 5.41. The van der Waals surface area contributed by atoms with Gasteiger partial charge < -0.3 is 4.74 Å². The summed E-state index contributed by atoms with van der Waals surface area (Å²) in [7, 11) is 0. The maximum atomic E-state index is 12.0. The monoisotopic (exact) mass is 388 g/mol. The van der Waals surface area contributed by atoms with Crippen LogP contribution in [0.25, 0.3) is 0 Å². The van der Waals surface area contributed by atoms with Crippen LogP contribution in [0.2, 0.25) is 0 Å². The van der Waals surface area contributed by atoms with E-state index in [4.69, 9.17) is 4.74 Å². The van der Waals surface area contributed by atoms with Gasteiger partial charge in [0.2, 0.25) is 0 Å². The molecule has 5 heteroatoms. The van der Waals surface area contributed by atoms with E-state index in [2.05, 4.69) is 33.4 Å². The molecule has 0 bridgehead atoms. The number of carbonyl (C=O) groups excluding carboxylic acids is 1. The molecule has 1 amide bonds. The van der Waals surface area contributed by atoms with Crippen LogP contribution in [0.4, 0.5) is 0 Å². The first kappa shape index (κ1) is 18.2. The number of aryl methyl sites for hydroxylation is 1. The van der Waals surface area contributed by atoms with E-state index < -0.39 is 0 Å². The summed E-state index contributed by atoms with van der Waals surface area (Å²) in [4.78, 5) is 12.0. The zero-order chi connectivity index (χ0) is 17.4. The fourth-order valence-electron chi connectivity index (χ4n) is 2.21. The van der Waals surface area contributed by atoms with E-state index >= 15 is 0 Å². The number of amides is 1. The number of halogens is 1. The first-order chi connectivity index (χ1) is 11.6. The van der Waals surface area contributed by atoms with Crippen LogP contribution in [-0.2, 0) is 4.79 Å². The second-order valence-corrected chi connectivity index (χ2v) is 6.32. The molecule has 2 aromatic rings. The van der Waals surface area contributed by atoms with Gasteiger partial charge in [-0.05, 0) is 42.7 Å². The van der Waals surface area contributed by atoms with E-state index in [1.807, 2.05) is 55.5 Å². The lowest BCUT2D eigenvalue weighted by Gasteiger charge is -2.09. The predicted octanol–water partition coefficient (Wildman–Crippen LogP) is 4.46. The number of nitrogens with zero attached hydrogens (tertiary/aromatic N) is 1. The molecular formula is C19H21BrN2O2. The maximum Gasteiger partial charge on any atom is 0.277 e. The summed E-state index contributed by atoms with van der Waals surface area (Å²) < 4.78 is 6.53. The first-order valence-corrected chi connectivity index (χ1v) is 8.69. The van der Waals surface area contributed by atoms with E-state index in [1.165, 1.54) is 0 Å². The molecule has 0 aliphatic heterocycles. The lowest BCUT2D eigenvalue weighted by Crippen LogP contribution is -2.26. The summed E-state index contributed by atoms with van der Waals surface area (Å²) in [6.45, 7) is 3.95. The molecule has 0 aliphatic carbocycles. The molecule has 0 aliphatic rings. The maximum absolute atomic E-state index is 12.0. The summed E-state index contributed by atoms with van der Waals surface area (Å²) in [6, 6.07) is 15.5. The van der Waals surface area contributed by atoms with Gasteiger partial charge in [-0.3, -0.25) is 4.79 Å². The van der Waals surface area contributed by atoms with Crippen LogP contribution >= 0.6 is 15.9 Å². The van der Waals surface area contributed by atoms with Crippen LogP contribution in [-0.4, -0.2) is 18.2 Å². The van der Waals surface area contributed by atoms with E-state index in [0.29, 0.717) is 5.75 Å². The molecule has 0 fully saturated rings. The number of carbonyl (C=O) groups is 1. The Morgan fingerprint density at radius 3 is 2.62 bits per heavy atom. The van der Waals surface area contributed by atoms with Gasteiger partial charge in [-0.2, -0.15) is 5.10 Å². The van der Waals surface area contributed by atoms with Crippen molar-refractivity contribution < 1.29 is 9.53 Å². The Kier molecular flexibility index (Phi) is 7.00. The number of rotatable bonds is 7. The lowest BCUT2D eigenvalue weighted by atomic mass is 10.1. The quantitative estimate of drug-likeness (QED) is 0.562. The molecule has 126 valence electrons. The Balaban J connectivity index is 1.95. The van der Waals surface area contributed by atoms with Gasteiger partial charge in [-0.15, -0.1) is 0 Å². The highest BCUT2D eigenvalue weighted by Crippen LogP contribution is 2.21. The molecule has 0 atom stereocenters. The van der Waals surface area contributed by atoms with Crippen molar-refractivity contribution in [3.05, 3.63) is 64.1 Å². The minimum absolute atomic E-state index is 0.0693. The average molecular weight is 389 g/mol. The zero-order valence-electron chi connectivity index (χ0n) is 13.9. The highest BCUT2D eigenvalue weighted by atomic mass is 79.9. The van der Waals surface area contributed by atoms with Crippen LogP contribution in [0.5, 0.6) is 5.75 Å². The lowest BCUT2D eigenvalue weighted by molar-refractivity contribution is -0.123. The van der Waals surface area contributed by atoms with Gasteiger partial charge in [0.05, 0.1) is 5.71 Å². The van der Waals surface area contributed by atoms with Crippen molar-refractivity contribution in [2.75, 3.05) is 6.61 Å². The Hall–Kier alpha value is -2.14. The third kappa shape index (κ3) is 5.49. The van der Waals surface area contributed by atoms with Crippen molar-refractivity contribution in [2.24, 2.45) is 5.10 Å². The molecule has 0 saturated carbocycles. The highest BCUT2D eigenvalue weighted by Gasteiger charge is 2.07. The molecular weight excluding hydrogens is 368 g/mol. The van der Waals surface area contributed by atoms with E-state index in [-0.39, 0.29) is 12.5 Å². The predicted molar refractivity (Wildman–Crippen MR) is 100 cm³/mol. The van der Waals surface area contributed by atoms with E-state index in [9.17, 15) is 4.79 Å². The van der Waals surface area contributed by atoms with Crippen LogP contribution < -0.4 is 10.2 Å². The minimum Gasteiger partial charge on any atom is -0.483 e. The third-order valence-electron chi connectivity index (χ3n) is 3.41. The molecule has 4 nitrogen and oxygen atoms in total. The molecule has 0 unspecified atom stereocenters. The van der Waals surface area contributed by atoms with Crippen molar-refractivity contribution in [1.29, 1.82) is 0 Å². The van der Waals surface area contributed by atoms with Gasteiger partial charge in [0.25, 0.3) is 5.91 Å². The van der Waals surface area contributed by atoms with Crippen molar-refractivity contribution >= 4 is 27.5 Å². The number of hydrogen-bond acceptors (Lipinski definition) is 3. The van der Waals surface area contributed by atoms with Gasteiger partial charge >= 0.3 is 0 Å². The molecule has 0 radical (unpaired) electrons. The average Bonchev–Trinajstić information content (AvgIpc) is 2.58. The number of hydrazone groups is 1. The fourth-order valence-corrected chi connectivity index (χ4v) is 2.69. The Morgan fingerprint density at radius 2 is 1.96 bits per heavy atom. The van der Waals surface area contributed by atoms with Crippen molar-refractivity contribution in [2.45, 2.75) is 26.7 Å². The SMILES string of the molecule is CCCC(=NNC(=O)COc1ccc(Br)cc1C)c1ccccc1. The van der Waals surface area contributed by atoms with E-state index in [0.717, 1.165) is 34.2 Å². The molecule has 1 N–H and O–H groups in total. The Bertz CT molecular complexity index is 715. The molecule has 0 spiro atoms. The fraction of sp³-hybridized carbons (Fsp3) is 0.263. The van der Waals surface area contributed by atoms with Crippen molar-refractivity contribution in [3.8, 4) is 5.75 Å². The van der Waals surface area contributed by atoms with Crippen molar-refractivity contribution in [3.63, 3.8) is 0 Å². The molecule has 2 aromatic carbocycles. The number of ether oxygens (including phenoxy) is 1. The molecule has 0 aromatic heterocycles. The topological polar surface area (TPSA) is 50.7 Å². The normalized spacial score (nSPS) is 11.2. The summed E-state index contributed by atoms with van der Waals surface area (Å²) in [5, 5.41) is 4.26. The Morgan fingerprint density at radius 1 is 1.21 bits per heavy atom. The van der Waals surface area contributed by atoms with Gasteiger partial charge in [0.15, 0.2) is 6.61 Å². The molecule has 2 rings (SSSR count). The summed E-state index contributed by atoms with van der Waals surface area (Å²) >= 11 is 3.40. The third-order valence-corrected chi connectivity index (χ3v) is 3.90. The van der Waals surface area contributed by atoms with Crippen LogP contribution in [0.15, 0.2) is 58.1 Å². The molecule has 24 heavy (non-hydrogen) atoms. The van der Waals surface area contributed by atoms with Crippen LogP contribution in [0, 0.1) is 6.92 Å². The smallest absolute Gasteiger partial charge is 0.277 e. The largest absolute Gasteiger partial charge is 0.483 e. The number of benzene rings is 2. The van der Waals surface area contributed by atoms with E-state index in [1.54, 1.807) is 0 Å². The summed E-state index contributed by atoms with van der Waals surface area (Å²) in [6.07, 6.45) is 1.76. The highest BCUT2D eigenvalue weighted by molar-refractivity contribution is 9.10. The zero-order valence-corrected chi connectivity index (χ0v) is 15.5. The second kappa shape index (κ2) is 9.23. The van der Waals surface area contributed by atoms with Gasteiger partial charge in [-0.1, -0.05) is 59.6 Å². The van der Waals surface area contributed by atoms with Gasteiger partial charge in [-0.25, -0.2) is 5.43 Å². The van der Waals surface area contributed by atoms with Crippen molar-refractivity contribution in [1.82, 2.24) is 5.43 Å². The van der Waals surface area contributed by atoms with Crippen LogP contribution in [0.3, 0.4) is 0 Å². The Labute approximate surface area is 151 Å². The molecule has 0 saturated heterocycles. The number of nitrogens with one attached hydrogen (secondary N) is 1. The molecule has 0 heterocycles. The number of hydrogen-bond donors (Lipinski definition) is 1. The standard InChI is InChI=1S/C19H21BrN2O2/c1-3-7-17(15-8-5-4-6-9-15)21-22-19(23)13-24-18-11-10-16(20)12-14(18)2/h4-6,8-12H,3,7,13H2,1-2H3,(H,22,23). The summed E-state index contributed by atoms with van der Waals surface area (Å²) in [5.74, 6) is 0.413.